The third-order valence-corrected chi connectivity index (χ3v) is 3.52. The van der Waals surface area contributed by atoms with Gasteiger partial charge in [-0.05, 0) is 37.3 Å². The Morgan fingerprint density at radius 3 is 2.79 bits per heavy atom. The van der Waals surface area contributed by atoms with Gasteiger partial charge in [0.15, 0.2) is 6.61 Å². The Balaban J connectivity index is 1.83. The zero-order valence-corrected chi connectivity index (χ0v) is 14.1. The topological polar surface area (TPSA) is 77.8 Å². The lowest BCUT2D eigenvalue weighted by molar-refractivity contribution is -0.148. The van der Waals surface area contributed by atoms with Gasteiger partial charge in [0, 0.05) is 10.6 Å². The van der Waals surface area contributed by atoms with Crippen LogP contribution in [0.1, 0.15) is 24.3 Å². The van der Waals surface area contributed by atoms with E-state index in [2.05, 4.69) is 5.32 Å². The van der Waals surface area contributed by atoms with Crippen LogP contribution in [0, 0.1) is 0 Å². The van der Waals surface area contributed by atoms with E-state index in [0.29, 0.717) is 22.1 Å². The van der Waals surface area contributed by atoms with Crippen molar-refractivity contribution in [1.29, 1.82) is 0 Å². The molecule has 1 heterocycles. The van der Waals surface area contributed by atoms with E-state index in [1.807, 2.05) is 0 Å². The summed E-state index contributed by atoms with van der Waals surface area (Å²) >= 11 is 5.91. The fraction of sp³-hybridized carbons (Fsp3) is 0.294. The molecule has 6 nitrogen and oxygen atoms in total. The Hall–Kier alpha value is -2.47. The van der Waals surface area contributed by atoms with E-state index >= 15 is 0 Å². The van der Waals surface area contributed by atoms with Gasteiger partial charge in [0.2, 0.25) is 0 Å². The number of benzene rings is 1. The monoisotopic (exact) mass is 351 g/mol. The molecule has 0 fully saturated rings. The van der Waals surface area contributed by atoms with Crippen molar-refractivity contribution in [3.63, 3.8) is 0 Å². The molecule has 0 saturated heterocycles. The number of esters is 1. The van der Waals surface area contributed by atoms with Gasteiger partial charge >= 0.3 is 5.97 Å². The molecule has 128 valence electrons. The number of hydrogen-bond acceptors (Lipinski definition) is 5. The zero-order valence-electron chi connectivity index (χ0n) is 13.4. The number of ether oxygens (including phenoxy) is 2. The molecule has 0 radical (unpaired) electrons. The minimum absolute atomic E-state index is 0.0370. The van der Waals surface area contributed by atoms with Crippen molar-refractivity contribution in [3.8, 4) is 5.75 Å². The van der Waals surface area contributed by atoms with E-state index in [0.717, 1.165) is 0 Å². The van der Waals surface area contributed by atoms with Gasteiger partial charge < -0.3 is 19.2 Å². The summed E-state index contributed by atoms with van der Waals surface area (Å²) in [6.07, 6.45) is 1.49. The van der Waals surface area contributed by atoms with Gasteiger partial charge in [-0.15, -0.1) is 0 Å². The van der Waals surface area contributed by atoms with Crippen LogP contribution in [0.25, 0.3) is 0 Å². The summed E-state index contributed by atoms with van der Waals surface area (Å²) in [4.78, 5) is 23.7. The van der Waals surface area contributed by atoms with Crippen LogP contribution in [0.4, 0.5) is 0 Å². The minimum Gasteiger partial charge on any atom is -0.496 e. The van der Waals surface area contributed by atoms with Crippen molar-refractivity contribution in [3.05, 3.63) is 52.9 Å². The van der Waals surface area contributed by atoms with Crippen LogP contribution < -0.4 is 10.1 Å². The van der Waals surface area contributed by atoms with Gasteiger partial charge in [-0.3, -0.25) is 9.59 Å². The van der Waals surface area contributed by atoms with Crippen molar-refractivity contribution < 1.29 is 23.5 Å². The van der Waals surface area contributed by atoms with Gasteiger partial charge in [-0.2, -0.15) is 0 Å². The van der Waals surface area contributed by atoms with Gasteiger partial charge in [0.25, 0.3) is 5.91 Å². The lowest BCUT2D eigenvalue weighted by Gasteiger charge is -2.12. The van der Waals surface area contributed by atoms with Crippen LogP contribution in [0.3, 0.4) is 0 Å². The first-order valence-corrected chi connectivity index (χ1v) is 7.68. The maximum absolute atomic E-state index is 11.9. The molecule has 0 unspecified atom stereocenters. The molecule has 7 heteroatoms. The summed E-state index contributed by atoms with van der Waals surface area (Å²) in [5, 5.41) is 3.17. The second-order valence-corrected chi connectivity index (χ2v) is 5.53. The maximum atomic E-state index is 11.9. The second kappa shape index (κ2) is 8.40. The zero-order chi connectivity index (χ0) is 17.5. The molecule has 0 aliphatic heterocycles. The lowest BCUT2D eigenvalue weighted by Crippen LogP contribution is -2.31. The van der Waals surface area contributed by atoms with Gasteiger partial charge in [0.1, 0.15) is 11.5 Å². The van der Waals surface area contributed by atoms with Crippen LogP contribution in [-0.4, -0.2) is 25.6 Å². The highest BCUT2D eigenvalue weighted by Crippen LogP contribution is 2.23. The molecule has 1 N–H and O–H groups in total. The van der Waals surface area contributed by atoms with E-state index in [9.17, 15) is 9.59 Å². The Bertz CT molecular complexity index is 699. The van der Waals surface area contributed by atoms with Crippen LogP contribution in [0.15, 0.2) is 41.0 Å². The molecule has 1 amide bonds. The summed E-state index contributed by atoms with van der Waals surface area (Å²) in [7, 11) is 1.50. The number of amides is 1. The smallest absolute Gasteiger partial charge is 0.310 e. The highest BCUT2D eigenvalue weighted by Gasteiger charge is 2.15. The molecule has 1 aromatic heterocycles. The molecule has 1 atom stereocenters. The lowest BCUT2D eigenvalue weighted by atomic mass is 10.1. The molecule has 0 aliphatic carbocycles. The molecule has 0 aliphatic rings. The van der Waals surface area contributed by atoms with Crippen LogP contribution in [0.2, 0.25) is 5.02 Å². The number of halogens is 1. The predicted octanol–water partition coefficient (Wildman–Crippen LogP) is 2.90. The summed E-state index contributed by atoms with van der Waals surface area (Å²) in [6.45, 7) is 1.40. The average molecular weight is 352 g/mol. The minimum atomic E-state index is -0.545. The van der Waals surface area contributed by atoms with Crippen molar-refractivity contribution in [2.24, 2.45) is 0 Å². The molecular formula is C17H18ClNO5. The summed E-state index contributed by atoms with van der Waals surface area (Å²) in [5.41, 5.74) is 0.597. The Morgan fingerprint density at radius 2 is 2.12 bits per heavy atom. The number of carbonyl (C=O) groups is 2. The average Bonchev–Trinajstić information content (AvgIpc) is 3.08. The van der Waals surface area contributed by atoms with Gasteiger partial charge in [0.05, 0.1) is 25.8 Å². The molecule has 2 aromatic rings. The van der Waals surface area contributed by atoms with Crippen molar-refractivity contribution >= 4 is 23.5 Å². The number of hydrogen-bond donors (Lipinski definition) is 1. The molecule has 0 saturated carbocycles. The van der Waals surface area contributed by atoms with Crippen molar-refractivity contribution in [2.75, 3.05) is 13.7 Å². The first-order valence-electron chi connectivity index (χ1n) is 7.30. The summed E-state index contributed by atoms with van der Waals surface area (Å²) in [5.74, 6) is 0.201. The van der Waals surface area contributed by atoms with Crippen molar-refractivity contribution in [2.45, 2.75) is 19.4 Å². The fourth-order valence-electron chi connectivity index (χ4n) is 2.13. The summed E-state index contributed by atoms with van der Waals surface area (Å²) < 4.78 is 15.3. The second-order valence-electron chi connectivity index (χ2n) is 5.10. The van der Waals surface area contributed by atoms with Crippen LogP contribution in [-0.2, 0) is 20.7 Å². The van der Waals surface area contributed by atoms with E-state index < -0.39 is 11.9 Å². The Kier molecular flexibility index (Phi) is 6.26. The molecule has 24 heavy (non-hydrogen) atoms. The number of furan rings is 1. The highest BCUT2D eigenvalue weighted by atomic mass is 35.5. The predicted molar refractivity (Wildman–Crippen MR) is 87.9 cm³/mol. The number of carbonyl (C=O) groups excluding carboxylic acids is 2. The largest absolute Gasteiger partial charge is 0.496 e. The van der Waals surface area contributed by atoms with E-state index in [4.69, 9.17) is 25.5 Å². The van der Waals surface area contributed by atoms with E-state index in [1.54, 1.807) is 37.3 Å². The number of nitrogens with one attached hydrogen (secondary N) is 1. The number of rotatable bonds is 7. The third kappa shape index (κ3) is 5.03. The molecule has 1 aromatic carbocycles. The first-order chi connectivity index (χ1) is 11.5. The van der Waals surface area contributed by atoms with Gasteiger partial charge in [-0.25, -0.2) is 0 Å². The standard InChI is InChI=1S/C17H18ClNO5/c1-11(14-4-3-7-23-14)19-16(20)10-24-17(21)9-12-8-13(18)5-6-15(12)22-2/h3-8,11H,9-10H2,1-2H3,(H,19,20)/t11-/m0/s1. The summed E-state index contributed by atoms with van der Waals surface area (Å²) in [6, 6.07) is 8.14. The van der Waals surface area contributed by atoms with Crippen LogP contribution in [0.5, 0.6) is 5.75 Å². The quantitative estimate of drug-likeness (QED) is 0.776. The molecule has 0 bridgehead atoms. The van der Waals surface area contributed by atoms with Gasteiger partial charge in [-0.1, -0.05) is 11.6 Å². The number of methoxy groups -OCH3 is 1. The Labute approximate surface area is 144 Å². The molecular weight excluding hydrogens is 334 g/mol. The third-order valence-electron chi connectivity index (χ3n) is 3.29. The fourth-order valence-corrected chi connectivity index (χ4v) is 2.32. The highest BCUT2D eigenvalue weighted by molar-refractivity contribution is 6.30. The maximum Gasteiger partial charge on any atom is 0.310 e. The Morgan fingerprint density at radius 1 is 1.33 bits per heavy atom. The van der Waals surface area contributed by atoms with Crippen molar-refractivity contribution in [1.82, 2.24) is 5.32 Å². The molecule has 2 rings (SSSR count). The van der Waals surface area contributed by atoms with Crippen LogP contribution >= 0.6 is 11.6 Å². The normalized spacial score (nSPS) is 11.6. The van der Waals surface area contributed by atoms with E-state index in [1.165, 1.54) is 13.4 Å². The van der Waals surface area contributed by atoms with E-state index in [-0.39, 0.29) is 19.1 Å². The first kappa shape index (κ1) is 17.9. The SMILES string of the molecule is COc1ccc(Cl)cc1CC(=O)OCC(=O)N[C@@H](C)c1ccco1. The molecule has 0 spiro atoms.